The van der Waals surface area contributed by atoms with Gasteiger partial charge >= 0.3 is 0 Å². The van der Waals surface area contributed by atoms with Gasteiger partial charge in [0.05, 0.1) is 11.0 Å². The van der Waals surface area contributed by atoms with Crippen LogP contribution in [0.4, 0.5) is 5.82 Å². The zero-order valence-electron chi connectivity index (χ0n) is 18.1. The summed E-state index contributed by atoms with van der Waals surface area (Å²) in [5.41, 5.74) is 10.2. The van der Waals surface area contributed by atoms with E-state index in [4.69, 9.17) is 15.5 Å². The number of nitrogen functional groups attached to an aromatic ring is 1. The predicted molar refractivity (Wildman–Crippen MR) is 124 cm³/mol. The second-order valence-electron chi connectivity index (χ2n) is 8.26. The Hall–Kier alpha value is -3.08. The number of aromatic nitrogens is 3. The number of hydrogen-bond donors (Lipinski definition) is 1. The van der Waals surface area contributed by atoms with Crippen LogP contribution in [0.3, 0.4) is 0 Å². The lowest BCUT2D eigenvalue weighted by molar-refractivity contribution is 0.306. The fourth-order valence-corrected chi connectivity index (χ4v) is 3.81. The first kappa shape index (κ1) is 20.2. The van der Waals surface area contributed by atoms with Gasteiger partial charge in [-0.1, -0.05) is 51.1 Å². The molecular weight excluding hydrogens is 372 g/mol. The minimum atomic E-state index is 0.485. The van der Waals surface area contributed by atoms with Gasteiger partial charge in [-0.25, -0.2) is 9.97 Å². The van der Waals surface area contributed by atoms with Crippen molar-refractivity contribution >= 4 is 27.8 Å². The minimum absolute atomic E-state index is 0.485. The number of nitrogens with two attached hydrogens (primary N) is 1. The highest BCUT2D eigenvalue weighted by atomic mass is 16.5. The summed E-state index contributed by atoms with van der Waals surface area (Å²) >= 11 is 0. The quantitative estimate of drug-likeness (QED) is 0.408. The highest BCUT2D eigenvalue weighted by Gasteiger charge is 2.17. The van der Waals surface area contributed by atoms with Crippen LogP contribution in [0.25, 0.3) is 21.9 Å². The molecule has 156 valence electrons. The van der Waals surface area contributed by atoms with E-state index in [1.165, 1.54) is 0 Å². The van der Waals surface area contributed by atoms with E-state index in [2.05, 4.69) is 48.5 Å². The summed E-state index contributed by atoms with van der Waals surface area (Å²) in [5.74, 6) is 3.00. The molecule has 0 spiro atoms. The van der Waals surface area contributed by atoms with Crippen LogP contribution < -0.4 is 10.5 Å². The summed E-state index contributed by atoms with van der Waals surface area (Å²) in [6, 6.07) is 16.2. The van der Waals surface area contributed by atoms with Gasteiger partial charge in [0.1, 0.15) is 23.7 Å². The molecule has 0 atom stereocenters. The maximum Gasteiger partial charge on any atom is 0.152 e. The third kappa shape index (κ3) is 4.11. The molecule has 4 aromatic rings. The molecule has 2 aromatic carbocycles. The summed E-state index contributed by atoms with van der Waals surface area (Å²) < 4.78 is 8.35. The molecule has 30 heavy (non-hydrogen) atoms. The molecule has 0 radical (unpaired) electrons. The molecule has 0 unspecified atom stereocenters. The number of hydrogen-bond acceptors (Lipinski definition) is 4. The van der Waals surface area contributed by atoms with Crippen LogP contribution in [0.15, 0.2) is 48.5 Å². The van der Waals surface area contributed by atoms with Gasteiger partial charge in [0.25, 0.3) is 0 Å². The Labute approximate surface area is 177 Å². The second kappa shape index (κ2) is 8.74. The maximum atomic E-state index is 6.34. The Morgan fingerprint density at radius 1 is 1.07 bits per heavy atom. The first-order valence-corrected chi connectivity index (χ1v) is 10.8. The number of rotatable bonds is 8. The Morgan fingerprint density at radius 3 is 2.60 bits per heavy atom. The SMILES string of the molecule is CCCc1nc2c(N)nc3cc(OCc4ccccc4)ccc3c2n1CCC(C)C. The van der Waals surface area contributed by atoms with Crippen molar-refractivity contribution in [3.8, 4) is 5.75 Å². The Bertz CT molecular complexity index is 1150. The topological polar surface area (TPSA) is 66.0 Å². The van der Waals surface area contributed by atoms with Crippen LogP contribution in [0.5, 0.6) is 5.75 Å². The normalized spacial score (nSPS) is 11.6. The zero-order chi connectivity index (χ0) is 21.1. The Balaban J connectivity index is 1.75. The van der Waals surface area contributed by atoms with E-state index in [9.17, 15) is 0 Å². The number of nitrogens with zero attached hydrogens (tertiary/aromatic N) is 3. The van der Waals surface area contributed by atoms with Crippen molar-refractivity contribution in [3.05, 3.63) is 59.9 Å². The van der Waals surface area contributed by atoms with Crippen molar-refractivity contribution in [2.24, 2.45) is 5.92 Å². The molecule has 2 N–H and O–H groups in total. The summed E-state index contributed by atoms with van der Waals surface area (Å²) in [5, 5.41) is 1.07. The van der Waals surface area contributed by atoms with Crippen molar-refractivity contribution in [3.63, 3.8) is 0 Å². The lowest BCUT2D eigenvalue weighted by Gasteiger charge is -2.13. The zero-order valence-corrected chi connectivity index (χ0v) is 18.1. The summed E-state index contributed by atoms with van der Waals surface area (Å²) in [6.45, 7) is 8.15. The predicted octanol–water partition coefficient (Wildman–Crippen LogP) is 5.74. The fraction of sp³-hybridized carbons (Fsp3) is 0.360. The molecule has 0 aliphatic rings. The molecule has 0 aliphatic carbocycles. The van der Waals surface area contributed by atoms with E-state index in [0.29, 0.717) is 18.3 Å². The van der Waals surface area contributed by atoms with Crippen LogP contribution in [0, 0.1) is 5.92 Å². The second-order valence-corrected chi connectivity index (χ2v) is 8.26. The van der Waals surface area contributed by atoms with Crippen LogP contribution >= 0.6 is 0 Å². The number of ether oxygens (including phenoxy) is 1. The lowest BCUT2D eigenvalue weighted by Crippen LogP contribution is -2.06. The third-order valence-corrected chi connectivity index (χ3v) is 5.41. The molecule has 4 rings (SSSR count). The minimum Gasteiger partial charge on any atom is -0.489 e. The molecule has 0 fully saturated rings. The average molecular weight is 403 g/mol. The summed E-state index contributed by atoms with van der Waals surface area (Å²) in [6.07, 6.45) is 3.09. The standard InChI is InChI=1S/C25H30N4O/c1-4-8-22-28-23-24(29(22)14-13-17(2)3)20-12-11-19(15-21(20)27-25(23)26)30-16-18-9-6-5-7-10-18/h5-7,9-12,15,17H,4,8,13-14,16H2,1-3H3,(H2,26,27). The van der Waals surface area contributed by atoms with Crippen LogP contribution in [-0.2, 0) is 19.6 Å². The van der Waals surface area contributed by atoms with Gasteiger partial charge in [0.2, 0.25) is 0 Å². The van der Waals surface area contributed by atoms with Gasteiger partial charge in [0.15, 0.2) is 5.82 Å². The van der Waals surface area contributed by atoms with Gasteiger partial charge in [0, 0.05) is 24.4 Å². The van der Waals surface area contributed by atoms with Gasteiger partial charge in [-0.2, -0.15) is 0 Å². The van der Waals surface area contributed by atoms with Crippen LogP contribution in [0.2, 0.25) is 0 Å². The van der Waals surface area contributed by atoms with Gasteiger partial charge < -0.3 is 15.0 Å². The van der Waals surface area contributed by atoms with E-state index >= 15 is 0 Å². The molecule has 2 aromatic heterocycles. The summed E-state index contributed by atoms with van der Waals surface area (Å²) in [7, 11) is 0. The number of fused-ring (bicyclic) bond motifs is 3. The molecule has 0 saturated heterocycles. The number of anilines is 1. The van der Waals surface area contributed by atoms with E-state index in [1.54, 1.807) is 0 Å². The summed E-state index contributed by atoms with van der Waals surface area (Å²) in [4.78, 5) is 9.52. The van der Waals surface area contributed by atoms with Gasteiger partial charge in [-0.05, 0) is 36.5 Å². The first-order chi connectivity index (χ1) is 14.6. The van der Waals surface area contributed by atoms with Crippen molar-refractivity contribution in [1.82, 2.24) is 14.5 Å². The highest BCUT2D eigenvalue weighted by molar-refractivity contribution is 6.06. The highest BCUT2D eigenvalue weighted by Crippen LogP contribution is 2.32. The van der Waals surface area contributed by atoms with Crippen molar-refractivity contribution in [1.29, 1.82) is 0 Å². The number of aryl methyl sites for hydroxylation is 2. The Kier molecular flexibility index (Phi) is 5.88. The van der Waals surface area contributed by atoms with Gasteiger partial charge in [-0.15, -0.1) is 0 Å². The van der Waals surface area contributed by atoms with Crippen molar-refractivity contribution in [2.45, 2.75) is 53.2 Å². The van der Waals surface area contributed by atoms with Crippen LogP contribution in [0.1, 0.15) is 45.0 Å². The maximum absolute atomic E-state index is 6.34. The fourth-order valence-electron chi connectivity index (χ4n) is 3.81. The smallest absolute Gasteiger partial charge is 0.152 e. The number of benzene rings is 2. The molecule has 0 aliphatic heterocycles. The molecule has 5 nitrogen and oxygen atoms in total. The Morgan fingerprint density at radius 2 is 1.87 bits per heavy atom. The first-order valence-electron chi connectivity index (χ1n) is 10.8. The molecule has 2 heterocycles. The molecule has 5 heteroatoms. The van der Waals surface area contributed by atoms with E-state index in [0.717, 1.165) is 64.9 Å². The van der Waals surface area contributed by atoms with Gasteiger partial charge in [-0.3, -0.25) is 0 Å². The third-order valence-electron chi connectivity index (χ3n) is 5.41. The lowest BCUT2D eigenvalue weighted by atomic mass is 10.1. The average Bonchev–Trinajstić information content (AvgIpc) is 3.10. The van der Waals surface area contributed by atoms with Crippen molar-refractivity contribution < 1.29 is 4.74 Å². The van der Waals surface area contributed by atoms with E-state index in [-0.39, 0.29) is 0 Å². The van der Waals surface area contributed by atoms with E-state index in [1.807, 2.05) is 30.3 Å². The van der Waals surface area contributed by atoms with Crippen LogP contribution in [-0.4, -0.2) is 14.5 Å². The van der Waals surface area contributed by atoms with E-state index < -0.39 is 0 Å². The van der Waals surface area contributed by atoms with Crippen molar-refractivity contribution in [2.75, 3.05) is 5.73 Å². The number of pyridine rings is 1. The molecule has 0 bridgehead atoms. The molecule has 0 amide bonds. The largest absolute Gasteiger partial charge is 0.489 e. The number of imidazole rings is 1. The molecular formula is C25H30N4O. The molecule has 0 saturated carbocycles. The monoisotopic (exact) mass is 402 g/mol.